The smallest absolute Gasteiger partial charge is 0.247 e. The molecular formula is C18H16N4O2. The van der Waals surface area contributed by atoms with Crippen molar-refractivity contribution < 1.29 is 9.59 Å². The van der Waals surface area contributed by atoms with Crippen molar-refractivity contribution in [1.29, 1.82) is 0 Å². The van der Waals surface area contributed by atoms with E-state index in [2.05, 4.69) is 15.6 Å². The Kier molecular flexibility index (Phi) is 3.30. The van der Waals surface area contributed by atoms with E-state index in [4.69, 9.17) is 0 Å². The van der Waals surface area contributed by atoms with E-state index in [0.717, 1.165) is 16.6 Å². The molecule has 0 bridgehead atoms. The Morgan fingerprint density at radius 2 is 1.96 bits per heavy atom. The van der Waals surface area contributed by atoms with Crippen molar-refractivity contribution in [3.63, 3.8) is 0 Å². The Morgan fingerprint density at radius 1 is 1.21 bits per heavy atom. The Morgan fingerprint density at radius 3 is 2.75 bits per heavy atom. The van der Waals surface area contributed by atoms with Gasteiger partial charge in [-0.3, -0.25) is 9.59 Å². The molecule has 3 aromatic rings. The summed E-state index contributed by atoms with van der Waals surface area (Å²) < 4.78 is 1.53. The van der Waals surface area contributed by atoms with Crippen LogP contribution in [0.3, 0.4) is 0 Å². The molecular weight excluding hydrogens is 304 g/mol. The lowest BCUT2D eigenvalue weighted by Gasteiger charge is -2.23. The van der Waals surface area contributed by atoms with Crippen LogP contribution in [0, 0.1) is 6.92 Å². The zero-order valence-corrected chi connectivity index (χ0v) is 13.1. The van der Waals surface area contributed by atoms with E-state index < -0.39 is 6.04 Å². The normalized spacial score (nSPS) is 16.5. The average molecular weight is 320 g/mol. The van der Waals surface area contributed by atoms with Crippen molar-refractivity contribution in [1.82, 2.24) is 9.55 Å². The predicted octanol–water partition coefficient (Wildman–Crippen LogP) is 2.81. The van der Waals surface area contributed by atoms with Crippen LogP contribution in [-0.2, 0) is 4.79 Å². The molecule has 0 aliphatic carbocycles. The van der Waals surface area contributed by atoms with Crippen LogP contribution in [0.1, 0.15) is 16.8 Å². The lowest BCUT2D eigenvalue weighted by atomic mass is 10.1. The number of fused-ring (bicyclic) bond motifs is 3. The van der Waals surface area contributed by atoms with E-state index in [1.807, 2.05) is 55.5 Å². The fourth-order valence-electron chi connectivity index (χ4n) is 2.87. The topological polar surface area (TPSA) is 76.0 Å². The number of aryl methyl sites for hydroxylation is 1. The highest BCUT2D eigenvalue weighted by Gasteiger charge is 2.31. The van der Waals surface area contributed by atoms with Crippen molar-refractivity contribution in [2.75, 3.05) is 10.6 Å². The van der Waals surface area contributed by atoms with Crippen LogP contribution < -0.4 is 10.6 Å². The van der Waals surface area contributed by atoms with Crippen LogP contribution in [-0.4, -0.2) is 27.4 Å². The summed E-state index contributed by atoms with van der Waals surface area (Å²) in [5.41, 5.74) is 3.31. The highest BCUT2D eigenvalue weighted by Crippen LogP contribution is 2.25. The van der Waals surface area contributed by atoms with Gasteiger partial charge in [0.1, 0.15) is 6.04 Å². The van der Waals surface area contributed by atoms with Gasteiger partial charge in [-0.1, -0.05) is 29.8 Å². The Bertz CT molecular complexity index is 943. The Hall–Kier alpha value is -3.15. The number of nitrogens with one attached hydrogen (secondary N) is 2. The van der Waals surface area contributed by atoms with Crippen LogP contribution in [0.4, 0.5) is 11.6 Å². The number of carbonyl (C=O) groups excluding carboxylic acids is 2. The summed E-state index contributed by atoms with van der Waals surface area (Å²) in [5, 5.41) is 5.90. The molecule has 1 aromatic heterocycles. The number of anilines is 2. The molecule has 0 saturated carbocycles. The van der Waals surface area contributed by atoms with Gasteiger partial charge in [0.15, 0.2) is 0 Å². The molecule has 6 heteroatoms. The predicted molar refractivity (Wildman–Crippen MR) is 92.2 cm³/mol. The zero-order chi connectivity index (χ0) is 16.7. The number of hydrogen-bond donors (Lipinski definition) is 2. The first kappa shape index (κ1) is 14.4. The third-order valence-corrected chi connectivity index (χ3v) is 4.13. The second-order valence-electron chi connectivity index (χ2n) is 5.91. The molecule has 4 rings (SSSR count). The highest BCUT2D eigenvalue weighted by atomic mass is 16.2. The number of amides is 1. The van der Waals surface area contributed by atoms with Gasteiger partial charge in [0.25, 0.3) is 0 Å². The minimum atomic E-state index is -0.636. The summed E-state index contributed by atoms with van der Waals surface area (Å²) in [4.78, 5) is 29.3. The van der Waals surface area contributed by atoms with E-state index in [1.165, 1.54) is 4.57 Å². The van der Waals surface area contributed by atoms with Gasteiger partial charge in [-0.2, -0.15) is 0 Å². The van der Waals surface area contributed by atoms with Gasteiger partial charge in [0.2, 0.25) is 17.8 Å². The molecule has 6 nitrogen and oxygen atoms in total. The molecule has 2 N–H and O–H groups in total. The van der Waals surface area contributed by atoms with Crippen LogP contribution >= 0.6 is 0 Å². The van der Waals surface area contributed by atoms with Gasteiger partial charge in [0, 0.05) is 5.69 Å². The summed E-state index contributed by atoms with van der Waals surface area (Å²) in [6.45, 7) is 1.98. The third kappa shape index (κ3) is 2.42. The second kappa shape index (κ2) is 5.49. The molecule has 120 valence electrons. The van der Waals surface area contributed by atoms with Crippen LogP contribution in [0.2, 0.25) is 0 Å². The quantitative estimate of drug-likeness (QED) is 0.761. The molecule has 24 heavy (non-hydrogen) atoms. The number of carbonyl (C=O) groups is 2. The molecule has 1 aliphatic heterocycles. The molecule has 2 heterocycles. The van der Waals surface area contributed by atoms with Crippen molar-refractivity contribution in [3.05, 3.63) is 54.1 Å². The summed E-state index contributed by atoms with van der Waals surface area (Å²) in [6.07, 6.45) is 0.0883. The lowest BCUT2D eigenvalue weighted by molar-refractivity contribution is -0.117. The summed E-state index contributed by atoms with van der Waals surface area (Å²) >= 11 is 0. The third-order valence-electron chi connectivity index (χ3n) is 4.13. The van der Waals surface area contributed by atoms with Crippen LogP contribution in [0.25, 0.3) is 11.0 Å². The Balaban J connectivity index is 1.59. The van der Waals surface area contributed by atoms with E-state index >= 15 is 0 Å². The minimum absolute atomic E-state index is 0.0883. The van der Waals surface area contributed by atoms with Crippen molar-refractivity contribution in [3.8, 4) is 0 Å². The standard InChI is InChI=1S/C18H16N4O2/c1-11-6-8-12(9-7-11)19-17(24)14-10-16(23)22-15-5-3-2-4-13(15)20-18(22)21-14/h2-9,14H,10H2,1H3,(H,19,24)(H,20,21)/t14-/m0/s1. The SMILES string of the molecule is Cc1ccc(NC(=O)[C@@H]2CC(=O)n3c(nc4ccccc43)N2)cc1. The van der Waals surface area contributed by atoms with Gasteiger partial charge < -0.3 is 10.6 Å². The highest BCUT2D eigenvalue weighted by molar-refractivity contribution is 6.04. The summed E-state index contributed by atoms with van der Waals surface area (Å²) in [5.74, 6) is 0.0310. The van der Waals surface area contributed by atoms with E-state index in [9.17, 15) is 9.59 Å². The lowest BCUT2D eigenvalue weighted by Crippen LogP contribution is -2.42. The zero-order valence-electron chi connectivity index (χ0n) is 13.1. The van der Waals surface area contributed by atoms with E-state index in [1.54, 1.807) is 0 Å². The largest absolute Gasteiger partial charge is 0.343 e. The maximum Gasteiger partial charge on any atom is 0.247 e. The molecule has 0 spiro atoms. The number of rotatable bonds is 2. The monoisotopic (exact) mass is 320 g/mol. The van der Waals surface area contributed by atoms with Crippen molar-refractivity contribution in [2.45, 2.75) is 19.4 Å². The second-order valence-corrected chi connectivity index (χ2v) is 5.91. The number of benzene rings is 2. The molecule has 0 fully saturated rings. The average Bonchev–Trinajstić information content (AvgIpc) is 2.95. The number of para-hydroxylation sites is 2. The number of hydrogen-bond acceptors (Lipinski definition) is 4. The number of nitrogens with zero attached hydrogens (tertiary/aromatic N) is 2. The first-order valence-electron chi connectivity index (χ1n) is 7.76. The van der Waals surface area contributed by atoms with Crippen LogP contribution in [0.5, 0.6) is 0 Å². The van der Waals surface area contributed by atoms with Gasteiger partial charge in [-0.05, 0) is 31.2 Å². The summed E-state index contributed by atoms with van der Waals surface area (Å²) in [7, 11) is 0. The molecule has 0 saturated heterocycles. The number of aromatic nitrogens is 2. The minimum Gasteiger partial charge on any atom is -0.343 e. The van der Waals surface area contributed by atoms with E-state index in [0.29, 0.717) is 11.6 Å². The first-order valence-corrected chi connectivity index (χ1v) is 7.76. The summed E-state index contributed by atoms with van der Waals surface area (Å²) in [6, 6.07) is 14.3. The van der Waals surface area contributed by atoms with Crippen molar-refractivity contribution >= 4 is 34.5 Å². The van der Waals surface area contributed by atoms with Gasteiger partial charge >= 0.3 is 0 Å². The molecule has 2 aromatic carbocycles. The maximum absolute atomic E-state index is 12.5. The fourth-order valence-corrected chi connectivity index (χ4v) is 2.87. The van der Waals surface area contributed by atoms with Crippen molar-refractivity contribution in [2.24, 2.45) is 0 Å². The Labute approximate surface area is 138 Å². The molecule has 1 atom stereocenters. The molecule has 0 radical (unpaired) electrons. The van der Waals surface area contributed by atoms with Gasteiger partial charge in [-0.25, -0.2) is 9.55 Å². The molecule has 0 unspecified atom stereocenters. The van der Waals surface area contributed by atoms with Crippen LogP contribution in [0.15, 0.2) is 48.5 Å². The maximum atomic E-state index is 12.5. The van der Waals surface area contributed by atoms with Gasteiger partial charge in [-0.15, -0.1) is 0 Å². The van der Waals surface area contributed by atoms with E-state index in [-0.39, 0.29) is 18.2 Å². The van der Waals surface area contributed by atoms with Gasteiger partial charge in [0.05, 0.1) is 17.5 Å². The number of imidazole rings is 1. The molecule has 1 amide bonds. The fraction of sp³-hybridized carbons (Fsp3) is 0.167. The first-order chi connectivity index (χ1) is 11.6. The molecule has 1 aliphatic rings.